The average molecular weight is 339 g/mol. The number of rotatable bonds is 6. The van der Waals surface area contributed by atoms with Crippen LogP contribution in [0.3, 0.4) is 0 Å². The van der Waals surface area contributed by atoms with Crippen molar-refractivity contribution in [1.82, 2.24) is 35.2 Å². The molecule has 0 saturated heterocycles. The van der Waals surface area contributed by atoms with Crippen LogP contribution < -0.4 is 10.6 Å². The van der Waals surface area contributed by atoms with Gasteiger partial charge in [0, 0.05) is 18.4 Å². The van der Waals surface area contributed by atoms with Crippen LogP contribution in [0.25, 0.3) is 5.69 Å². The highest BCUT2D eigenvalue weighted by atomic mass is 16.2. The number of hydrogen-bond donors (Lipinski definition) is 2. The smallest absolute Gasteiger partial charge is 0.315 e. The Morgan fingerprint density at radius 3 is 2.60 bits per heavy atom. The molecule has 8 heteroatoms. The van der Waals surface area contributed by atoms with Crippen LogP contribution in [0.5, 0.6) is 0 Å². The molecule has 0 aliphatic heterocycles. The normalized spacial score (nSPS) is 13.2. The Balaban J connectivity index is 1.52. The lowest BCUT2D eigenvalue weighted by Gasteiger charge is -2.18. The van der Waals surface area contributed by atoms with Crippen molar-refractivity contribution >= 4 is 6.03 Å². The molecular formula is C17H21N7O. The zero-order valence-electron chi connectivity index (χ0n) is 14.2. The van der Waals surface area contributed by atoms with E-state index in [1.165, 1.54) is 6.33 Å². The summed E-state index contributed by atoms with van der Waals surface area (Å²) < 4.78 is 3.47. The van der Waals surface area contributed by atoms with Crippen LogP contribution >= 0.6 is 0 Å². The van der Waals surface area contributed by atoms with Gasteiger partial charge in [0.1, 0.15) is 12.7 Å². The van der Waals surface area contributed by atoms with Crippen molar-refractivity contribution in [1.29, 1.82) is 0 Å². The number of benzene rings is 1. The fraction of sp³-hybridized carbons (Fsp3) is 0.294. The first-order valence-electron chi connectivity index (χ1n) is 8.11. The molecule has 0 aliphatic carbocycles. The molecule has 2 aromatic heterocycles. The van der Waals surface area contributed by atoms with Gasteiger partial charge in [0.25, 0.3) is 0 Å². The Kier molecular flexibility index (Phi) is 5.08. The van der Waals surface area contributed by atoms with E-state index in [0.29, 0.717) is 6.54 Å². The fourth-order valence-corrected chi connectivity index (χ4v) is 2.54. The number of amides is 2. The van der Waals surface area contributed by atoms with Crippen LogP contribution in [0.4, 0.5) is 4.79 Å². The van der Waals surface area contributed by atoms with Crippen molar-refractivity contribution in [2.45, 2.75) is 32.5 Å². The summed E-state index contributed by atoms with van der Waals surface area (Å²) in [6.07, 6.45) is 6.73. The molecule has 0 radical (unpaired) electrons. The van der Waals surface area contributed by atoms with Crippen LogP contribution in [-0.4, -0.2) is 36.6 Å². The Labute approximate surface area is 145 Å². The predicted octanol–water partition coefficient (Wildman–Crippen LogP) is 1.91. The maximum absolute atomic E-state index is 12.1. The second kappa shape index (κ2) is 7.61. The van der Waals surface area contributed by atoms with Gasteiger partial charge in [0.05, 0.1) is 18.3 Å². The van der Waals surface area contributed by atoms with Gasteiger partial charge < -0.3 is 10.6 Å². The molecule has 0 aliphatic rings. The average Bonchev–Trinajstić information content (AvgIpc) is 3.28. The van der Waals surface area contributed by atoms with E-state index in [0.717, 1.165) is 11.3 Å². The van der Waals surface area contributed by atoms with Gasteiger partial charge in [-0.25, -0.2) is 14.5 Å². The van der Waals surface area contributed by atoms with Gasteiger partial charge >= 0.3 is 6.03 Å². The van der Waals surface area contributed by atoms with Crippen molar-refractivity contribution in [3.05, 3.63) is 60.9 Å². The zero-order chi connectivity index (χ0) is 17.6. The number of nitrogens with one attached hydrogen (secondary N) is 2. The lowest BCUT2D eigenvalue weighted by atomic mass is 10.1. The van der Waals surface area contributed by atoms with E-state index in [-0.39, 0.29) is 18.1 Å². The van der Waals surface area contributed by atoms with Crippen LogP contribution in [0, 0.1) is 0 Å². The number of aromatic nitrogens is 5. The quantitative estimate of drug-likeness (QED) is 0.718. The lowest BCUT2D eigenvalue weighted by Crippen LogP contribution is -2.43. The Bertz CT molecular complexity index is 781. The predicted molar refractivity (Wildman–Crippen MR) is 93.1 cm³/mol. The molecule has 3 aromatic rings. The first kappa shape index (κ1) is 16.7. The number of carbonyl (C=O) groups is 1. The molecule has 2 amide bonds. The molecule has 0 spiro atoms. The van der Waals surface area contributed by atoms with Crippen LogP contribution in [-0.2, 0) is 6.54 Å². The molecule has 25 heavy (non-hydrogen) atoms. The van der Waals surface area contributed by atoms with E-state index in [1.54, 1.807) is 21.9 Å². The highest BCUT2D eigenvalue weighted by Crippen LogP contribution is 2.15. The third-order valence-corrected chi connectivity index (χ3v) is 3.81. The summed E-state index contributed by atoms with van der Waals surface area (Å²) in [7, 11) is 0. The SMILES string of the molecule is C[C@H](NC(=O)N[C@@H](C)Cn1cncn1)c1ccc(-n2cccn2)cc1. The maximum Gasteiger partial charge on any atom is 0.315 e. The number of hydrogen-bond acceptors (Lipinski definition) is 4. The molecule has 2 heterocycles. The summed E-state index contributed by atoms with van der Waals surface area (Å²) in [5.41, 5.74) is 2.00. The van der Waals surface area contributed by atoms with E-state index in [2.05, 4.69) is 25.8 Å². The molecular weight excluding hydrogens is 318 g/mol. The summed E-state index contributed by atoms with van der Waals surface area (Å²) in [6, 6.07) is 9.43. The zero-order valence-corrected chi connectivity index (χ0v) is 14.2. The topological polar surface area (TPSA) is 89.7 Å². The van der Waals surface area contributed by atoms with E-state index < -0.39 is 0 Å². The van der Waals surface area contributed by atoms with Gasteiger partial charge in [-0.05, 0) is 37.6 Å². The summed E-state index contributed by atoms with van der Waals surface area (Å²) in [5, 5.41) is 14.1. The van der Waals surface area contributed by atoms with Gasteiger partial charge in [0.15, 0.2) is 0 Å². The monoisotopic (exact) mass is 339 g/mol. The first-order chi connectivity index (χ1) is 12.1. The van der Waals surface area contributed by atoms with Gasteiger partial charge in [-0.1, -0.05) is 12.1 Å². The minimum absolute atomic E-state index is 0.0592. The first-order valence-corrected chi connectivity index (χ1v) is 8.11. The van der Waals surface area contributed by atoms with Crippen molar-refractivity contribution in [2.75, 3.05) is 0 Å². The number of urea groups is 1. The summed E-state index contributed by atoms with van der Waals surface area (Å²) in [5.74, 6) is 0. The van der Waals surface area contributed by atoms with E-state index in [1.807, 2.05) is 50.4 Å². The second-order valence-electron chi connectivity index (χ2n) is 5.90. The van der Waals surface area contributed by atoms with Gasteiger partial charge in [-0.3, -0.25) is 4.68 Å². The summed E-state index contributed by atoms with van der Waals surface area (Å²) >= 11 is 0. The Hall–Kier alpha value is -3.16. The molecule has 0 bridgehead atoms. The minimum Gasteiger partial charge on any atom is -0.334 e. The Morgan fingerprint density at radius 1 is 1.16 bits per heavy atom. The molecule has 2 N–H and O–H groups in total. The van der Waals surface area contributed by atoms with Crippen molar-refractivity contribution in [2.24, 2.45) is 0 Å². The molecule has 2 atom stereocenters. The molecule has 0 unspecified atom stereocenters. The van der Waals surface area contributed by atoms with Crippen molar-refractivity contribution < 1.29 is 4.79 Å². The fourth-order valence-electron chi connectivity index (χ4n) is 2.54. The second-order valence-corrected chi connectivity index (χ2v) is 5.90. The highest BCUT2D eigenvalue weighted by Gasteiger charge is 2.12. The Morgan fingerprint density at radius 2 is 1.96 bits per heavy atom. The van der Waals surface area contributed by atoms with E-state index in [9.17, 15) is 4.79 Å². The molecule has 130 valence electrons. The van der Waals surface area contributed by atoms with Crippen LogP contribution in [0.1, 0.15) is 25.5 Å². The third kappa shape index (κ3) is 4.43. The molecule has 1 aromatic carbocycles. The van der Waals surface area contributed by atoms with E-state index in [4.69, 9.17) is 0 Å². The largest absolute Gasteiger partial charge is 0.334 e. The van der Waals surface area contributed by atoms with Gasteiger partial charge in [-0.2, -0.15) is 10.2 Å². The van der Waals surface area contributed by atoms with Crippen LogP contribution in [0.2, 0.25) is 0 Å². The number of carbonyl (C=O) groups excluding carboxylic acids is 1. The minimum atomic E-state index is -0.212. The molecule has 0 fully saturated rings. The van der Waals surface area contributed by atoms with Gasteiger partial charge in [0.2, 0.25) is 0 Å². The standard InChI is InChI=1S/C17H21N7O/c1-13(10-23-12-18-11-20-23)21-17(25)22-14(2)15-4-6-16(7-5-15)24-9-3-8-19-24/h3-9,11-14H,10H2,1-2H3,(H2,21,22,25)/t13-,14-/m0/s1. The van der Waals surface area contributed by atoms with Crippen molar-refractivity contribution in [3.8, 4) is 5.69 Å². The lowest BCUT2D eigenvalue weighted by molar-refractivity contribution is 0.233. The molecule has 8 nitrogen and oxygen atoms in total. The van der Waals surface area contributed by atoms with Crippen molar-refractivity contribution in [3.63, 3.8) is 0 Å². The molecule has 3 rings (SSSR count). The highest BCUT2D eigenvalue weighted by molar-refractivity contribution is 5.74. The number of nitrogens with zero attached hydrogens (tertiary/aromatic N) is 5. The van der Waals surface area contributed by atoms with Crippen LogP contribution in [0.15, 0.2) is 55.4 Å². The maximum atomic E-state index is 12.1. The summed E-state index contributed by atoms with van der Waals surface area (Å²) in [6.45, 7) is 4.44. The molecule has 0 saturated carbocycles. The third-order valence-electron chi connectivity index (χ3n) is 3.81. The summed E-state index contributed by atoms with van der Waals surface area (Å²) in [4.78, 5) is 16.0. The van der Waals surface area contributed by atoms with E-state index >= 15 is 0 Å². The van der Waals surface area contributed by atoms with Gasteiger partial charge in [-0.15, -0.1) is 0 Å².